The lowest BCUT2D eigenvalue weighted by Crippen LogP contribution is -2.30. The molecule has 0 aliphatic rings. The second-order valence-electron chi connectivity index (χ2n) is 3.90. The van der Waals surface area contributed by atoms with E-state index in [9.17, 15) is 9.59 Å². The number of carbonyl (C=O) groups is 2. The van der Waals surface area contributed by atoms with Gasteiger partial charge in [-0.1, -0.05) is 0 Å². The van der Waals surface area contributed by atoms with E-state index in [0.717, 1.165) is 5.69 Å². The average Bonchev–Trinajstić information content (AvgIpc) is 2.98. The van der Waals surface area contributed by atoms with Crippen molar-refractivity contribution in [1.82, 2.24) is 9.88 Å². The number of nitrogens with zero attached hydrogens (tertiary/aromatic N) is 1. The maximum Gasteiger partial charge on any atom is 0.325 e. The van der Waals surface area contributed by atoms with E-state index < -0.39 is 5.97 Å². The van der Waals surface area contributed by atoms with E-state index in [2.05, 4.69) is 10.1 Å². The third kappa shape index (κ3) is 3.22. The molecule has 0 atom stereocenters. The van der Waals surface area contributed by atoms with Crippen LogP contribution in [0.1, 0.15) is 10.4 Å². The number of ether oxygens (including phenoxy) is 1. The number of rotatable bonds is 4. The van der Waals surface area contributed by atoms with E-state index in [0.29, 0.717) is 5.56 Å². The predicted molar refractivity (Wildman–Crippen MR) is 70.1 cm³/mol. The Balaban J connectivity index is 2.02. The van der Waals surface area contributed by atoms with Gasteiger partial charge >= 0.3 is 5.97 Å². The topological polar surface area (TPSA) is 60.3 Å². The van der Waals surface area contributed by atoms with Crippen molar-refractivity contribution < 1.29 is 14.3 Å². The van der Waals surface area contributed by atoms with Gasteiger partial charge in [0.1, 0.15) is 6.54 Å². The first-order valence-corrected chi connectivity index (χ1v) is 5.79. The van der Waals surface area contributed by atoms with Crippen LogP contribution in [0, 0.1) is 0 Å². The summed E-state index contributed by atoms with van der Waals surface area (Å²) in [4.78, 5) is 22.7. The molecule has 1 aromatic heterocycles. The number of hydrogen-bond donors (Lipinski definition) is 1. The number of carbonyl (C=O) groups excluding carboxylic acids is 2. The number of esters is 1. The first-order valence-electron chi connectivity index (χ1n) is 5.79. The summed E-state index contributed by atoms with van der Waals surface area (Å²) >= 11 is 0. The van der Waals surface area contributed by atoms with E-state index in [1.807, 2.05) is 41.2 Å². The van der Waals surface area contributed by atoms with Crippen molar-refractivity contribution in [3.63, 3.8) is 0 Å². The van der Waals surface area contributed by atoms with Crippen LogP contribution in [-0.2, 0) is 9.53 Å². The van der Waals surface area contributed by atoms with Gasteiger partial charge in [-0.3, -0.25) is 9.59 Å². The Hall–Kier alpha value is -2.56. The minimum absolute atomic E-state index is 0.130. The van der Waals surface area contributed by atoms with Gasteiger partial charge in [0.15, 0.2) is 0 Å². The van der Waals surface area contributed by atoms with Crippen molar-refractivity contribution in [1.29, 1.82) is 0 Å². The molecule has 1 aromatic carbocycles. The highest BCUT2D eigenvalue weighted by Gasteiger charge is 2.07. The fourth-order valence-corrected chi connectivity index (χ4v) is 1.62. The zero-order chi connectivity index (χ0) is 13.7. The first-order chi connectivity index (χ1) is 9.20. The third-order valence-electron chi connectivity index (χ3n) is 2.65. The molecule has 1 heterocycles. The molecular formula is C14H14N2O3. The molecule has 2 aromatic rings. The van der Waals surface area contributed by atoms with E-state index >= 15 is 0 Å². The van der Waals surface area contributed by atoms with Crippen LogP contribution in [0.5, 0.6) is 0 Å². The summed E-state index contributed by atoms with van der Waals surface area (Å²) in [6.07, 6.45) is 3.85. The largest absolute Gasteiger partial charge is 0.468 e. The maximum absolute atomic E-state index is 11.7. The number of aromatic nitrogens is 1. The lowest BCUT2D eigenvalue weighted by molar-refractivity contribution is -0.139. The smallest absolute Gasteiger partial charge is 0.325 e. The predicted octanol–water partition coefficient (Wildman–Crippen LogP) is 1.38. The summed E-state index contributed by atoms with van der Waals surface area (Å²) in [6.45, 7) is -0.130. The lowest BCUT2D eigenvalue weighted by Gasteiger charge is -2.06. The summed E-state index contributed by atoms with van der Waals surface area (Å²) in [5, 5.41) is 2.48. The number of methoxy groups -OCH3 is 1. The molecule has 19 heavy (non-hydrogen) atoms. The van der Waals surface area contributed by atoms with Crippen LogP contribution >= 0.6 is 0 Å². The van der Waals surface area contributed by atoms with Crippen LogP contribution in [0.2, 0.25) is 0 Å². The molecule has 98 valence electrons. The highest BCUT2D eigenvalue weighted by atomic mass is 16.5. The Morgan fingerprint density at radius 3 is 2.37 bits per heavy atom. The number of nitrogens with one attached hydrogen (secondary N) is 1. The SMILES string of the molecule is COC(=O)CNC(=O)c1ccc(-n2cccc2)cc1. The Labute approximate surface area is 110 Å². The zero-order valence-corrected chi connectivity index (χ0v) is 10.5. The molecule has 0 saturated heterocycles. The Morgan fingerprint density at radius 1 is 1.16 bits per heavy atom. The molecule has 0 bridgehead atoms. The molecular weight excluding hydrogens is 244 g/mol. The summed E-state index contributed by atoms with van der Waals surface area (Å²) < 4.78 is 6.39. The normalized spacial score (nSPS) is 9.95. The van der Waals surface area contributed by atoms with Crippen LogP contribution in [-0.4, -0.2) is 30.1 Å². The van der Waals surface area contributed by atoms with Gasteiger partial charge in [0.25, 0.3) is 5.91 Å². The maximum atomic E-state index is 11.7. The van der Waals surface area contributed by atoms with Gasteiger partial charge < -0.3 is 14.6 Å². The van der Waals surface area contributed by atoms with Crippen LogP contribution in [0.25, 0.3) is 5.69 Å². The minimum Gasteiger partial charge on any atom is -0.468 e. The Kier molecular flexibility index (Phi) is 3.97. The third-order valence-corrected chi connectivity index (χ3v) is 2.65. The molecule has 1 N–H and O–H groups in total. The van der Waals surface area contributed by atoms with Crippen molar-refractivity contribution in [2.24, 2.45) is 0 Å². The second-order valence-corrected chi connectivity index (χ2v) is 3.90. The van der Waals surface area contributed by atoms with Crippen LogP contribution < -0.4 is 5.32 Å². The Morgan fingerprint density at radius 2 is 1.79 bits per heavy atom. The summed E-state index contributed by atoms with van der Waals surface area (Å²) in [7, 11) is 1.28. The van der Waals surface area contributed by atoms with E-state index in [-0.39, 0.29) is 12.5 Å². The average molecular weight is 258 g/mol. The number of amides is 1. The van der Waals surface area contributed by atoms with E-state index in [1.165, 1.54) is 7.11 Å². The lowest BCUT2D eigenvalue weighted by atomic mass is 10.2. The monoisotopic (exact) mass is 258 g/mol. The summed E-state index contributed by atoms with van der Waals surface area (Å²) in [5.41, 5.74) is 1.47. The highest BCUT2D eigenvalue weighted by molar-refractivity contribution is 5.96. The van der Waals surface area contributed by atoms with Crippen LogP contribution in [0.3, 0.4) is 0 Å². The molecule has 0 unspecified atom stereocenters. The van der Waals surface area contributed by atoms with Gasteiger partial charge in [-0.25, -0.2) is 0 Å². The minimum atomic E-state index is -0.475. The van der Waals surface area contributed by atoms with Crippen molar-refractivity contribution in [3.8, 4) is 5.69 Å². The van der Waals surface area contributed by atoms with Crippen molar-refractivity contribution >= 4 is 11.9 Å². The van der Waals surface area contributed by atoms with Crippen molar-refractivity contribution in [3.05, 3.63) is 54.4 Å². The summed E-state index contributed by atoms with van der Waals surface area (Å²) in [5.74, 6) is -0.776. The fraction of sp³-hybridized carbons (Fsp3) is 0.143. The van der Waals surface area contributed by atoms with E-state index in [4.69, 9.17) is 0 Å². The molecule has 0 fully saturated rings. The van der Waals surface area contributed by atoms with Gasteiger partial charge in [-0.05, 0) is 36.4 Å². The quantitative estimate of drug-likeness (QED) is 0.843. The number of benzene rings is 1. The molecule has 0 spiro atoms. The van der Waals surface area contributed by atoms with Crippen LogP contribution in [0.4, 0.5) is 0 Å². The zero-order valence-electron chi connectivity index (χ0n) is 10.5. The molecule has 0 aliphatic heterocycles. The molecule has 0 radical (unpaired) electrons. The van der Waals surface area contributed by atoms with Crippen LogP contribution in [0.15, 0.2) is 48.8 Å². The Bertz CT molecular complexity index is 559. The number of hydrogen-bond acceptors (Lipinski definition) is 3. The van der Waals surface area contributed by atoms with Crippen molar-refractivity contribution in [2.45, 2.75) is 0 Å². The molecule has 2 rings (SSSR count). The van der Waals surface area contributed by atoms with Crippen molar-refractivity contribution in [2.75, 3.05) is 13.7 Å². The van der Waals surface area contributed by atoms with Gasteiger partial charge in [0, 0.05) is 23.6 Å². The molecule has 0 saturated carbocycles. The fourth-order valence-electron chi connectivity index (χ4n) is 1.62. The van der Waals surface area contributed by atoms with Gasteiger partial charge in [-0.15, -0.1) is 0 Å². The van der Waals surface area contributed by atoms with E-state index in [1.54, 1.807) is 12.1 Å². The van der Waals surface area contributed by atoms with Gasteiger partial charge in [-0.2, -0.15) is 0 Å². The summed E-state index contributed by atoms with van der Waals surface area (Å²) in [6, 6.07) is 11.0. The highest BCUT2D eigenvalue weighted by Crippen LogP contribution is 2.09. The molecule has 5 nitrogen and oxygen atoms in total. The molecule has 5 heteroatoms. The second kappa shape index (κ2) is 5.86. The molecule has 0 aliphatic carbocycles. The van der Waals surface area contributed by atoms with Gasteiger partial charge in [0.2, 0.25) is 0 Å². The molecule has 1 amide bonds. The first kappa shape index (κ1) is 12.9. The van der Waals surface area contributed by atoms with Gasteiger partial charge in [0.05, 0.1) is 7.11 Å². The standard InChI is InChI=1S/C14H14N2O3/c1-19-13(17)10-15-14(18)11-4-6-12(7-5-11)16-8-2-3-9-16/h2-9H,10H2,1H3,(H,15,18).